The van der Waals surface area contributed by atoms with Crippen molar-refractivity contribution in [3.8, 4) is 5.75 Å². The first kappa shape index (κ1) is 25.3. The van der Waals surface area contributed by atoms with Gasteiger partial charge in [-0.25, -0.2) is 0 Å². The highest BCUT2D eigenvalue weighted by Gasteiger charge is 2.29. The molecule has 0 saturated carbocycles. The third kappa shape index (κ3) is 5.52. The third-order valence-electron chi connectivity index (χ3n) is 6.89. The first-order valence-electron chi connectivity index (χ1n) is 12.1. The summed E-state index contributed by atoms with van der Waals surface area (Å²) in [5, 5.41) is 7.41. The van der Waals surface area contributed by atoms with Crippen LogP contribution < -0.4 is 20.1 Å². The van der Waals surface area contributed by atoms with E-state index in [1.807, 2.05) is 18.2 Å². The molecule has 0 radical (unpaired) electrons. The molecule has 3 aliphatic heterocycles. The lowest BCUT2D eigenvalue weighted by Crippen LogP contribution is -2.45. The highest BCUT2D eigenvalue weighted by molar-refractivity contribution is 7.90. The van der Waals surface area contributed by atoms with Gasteiger partial charge in [-0.05, 0) is 56.8 Å². The Balaban J connectivity index is 0.00000274. The van der Waals surface area contributed by atoms with Gasteiger partial charge in [0.1, 0.15) is 11.9 Å². The zero-order valence-corrected chi connectivity index (χ0v) is 21.3. The number of hydrogen-bond donors (Lipinski definition) is 3. The molecule has 2 saturated heterocycles. The fourth-order valence-corrected chi connectivity index (χ4v) is 6.59. The molecule has 2 fully saturated rings. The molecule has 0 aliphatic carbocycles. The summed E-state index contributed by atoms with van der Waals surface area (Å²) < 4.78 is 36.2. The molecular formula is C25H35ClN4O3S. The van der Waals surface area contributed by atoms with Crippen molar-refractivity contribution < 1.29 is 13.2 Å². The SMILES string of the molecule is CC1Cc2cc(NS(=O)(=O)N3CCCC3)cc(CN[C@H]3CCCN[C@H]3c3ccccc3)c2O1.Cl. The minimum atomic E-state index is -3.53. The van der Waals surface area contributed by atoms with Crippen LogP contribution in [-0.4, -0.2) is 44.5 Å². The molecule has 3 aliphatic rings. The van der Waals surface area contributed by atoms with E-state index < -0.39 is 10.2 Å². The topological polar surface area (TPSA) is 82.7 Å². The summed E-state index contributed by atoms with van der Waals surface area (Å²) in [5.74, 6) is 0.902. The van der Waals surface area contributed by atoms with Crippen molar-refractivity contribution in [3.05, 3.63) is 59.2 Å². The summed E-state index contributed by atoms with van der Waals surface area (Å²) in [5.41, 5.74) is 3.99. The number of piperidine rings is 1. The number of anilines is 1. The molecule has 3 atom stereocenters. The van der Waals surface area contributed by atoms with Gasteiger partial charge in [-0.15, -0.1) is 12.4 Å². The lowest BCUT2D eigenvalue weighted by molar-refractivity contribution is 0.250. The number of nitrogens with zero attached hydrogens (tertiary/aromatic N) is 1. The van der Waals surface area contributed by atoms with Crippen LogP contribution in [0.1, 0.15) is 55.3 Å². The minimum absolute atomic E-state index is 0. The second-order valence-corrected chi connectivity index (χ2v) is 11.1. The Hall–Kier alpha value is -1.84. The van der Waals surface area contributed by atoms with E-state index in [4.69, 9.17) is 4.74 Å². The van der Waals surface area contributed by atoms with Gasteiger partial charge in [-0.3, -0.25) is 4.72 Å². The Labute approximate surface area is 209 Å². The fourth-order valence-electron chi connectivity index (χ4n) is 5.30. The number of hydrogen-bond acceptors (Lipinski definition) is 5. The lowest BCUT2D eigenvalue weighted by Gasteiger charge is -2.34. The van der Waals surface area contributed by atoms with Crippen LogP contribution in [0, 0.1) is 0 Å². The smallest absolute Gasteiger partial charge is 0.301 e. The van der Waals surface area contributed by atoms with E-state index in [9.17, 15) is 8.42 Å². The summed E-state index contributed by atoms with van der Waals surface area (Å²) in [7, 11) is -3.53. The summed E-state index contributed by atoms with van der Waals surface area (Å²) in [6, 6.07) is 15.0. The van der Waals surface area contributed by atoms with Crippen molar-refractivity contribution in [2.45, 2.75) is 63.8 Å². The van der Waals surface area contributed by atoms with Crippen molar-refractivity contribution in [2.75, 3.05) is 24.4 Å². The van der Waals surface area contributed by atoms with Gasteiger partial charge in [0.25, 0.3) is 0 Å². The number of rotatable bonds is 7. The second-order valence-electron chi connectivity index (χ2n) is 9.44. The molecule has 9 heteroatoms. The van der Waals surface area contributed by atoms with Gasteiger partial charge in [0.15, 0.2) is 0 Å². The molecule has 5 rings (SSSR count). The van der Waals surface area contributed by atoms with Crippen LogP contribution in [0.15, 0.2) is 42.5 Å². The average molecular weight is 507 g/mol. The second kappa shape index (κ2) is 10.8. The molecule has 0 amide bonds. The summed E-state index contributed by atoms with van der Waals surface area (Å²) in [6.07, 6.45) is 4.94. The maximum atomic E-state index is 12.8. The maximum Gasteiger partial charge on any atom is 0.301 e. The van der Waals surface area contributed by atoms with E-state index in [0.717, 1.165) is 55.5 Å². The molecule has 34 heavy (non-hydrogen) atoms. The maximum absolute atomic E-state index is 12.8. The van der Waals surface area contributed by atoms with Crippen molar-refractivity contribution in [1.82, 2.24) is 14.9 Å². The third-order valence-corrected chi connectivity index (χ3v) is 8.43. The predicted octanol–water partition coefficient (Wildman–Crippen LogP) is 3.77. The van der Waals surface area contributed by atoms with Crippen LogP contribution in [-0.2, 0) is 23.2 Å². The summed E-state index contributed by atoms with van der Waals surface area (Å²) >= 11 is 0. The van der Waals surface area contributed by atoms with Crippen molar-refractivity contribution in [1.29, 1.82) is 0 Å². The highest BCUT2D eigenvalue weighted by Crippen LogP contribution is 2.36. The van der Waals surface area contributed by atoms with Gasteiger partial charge in [0.2, 0.25) is 0 Å². The van der Waals surface area contributed by atoms with Crippen molar-refractivity contribution in [3.63, 3.8) is 0 Å². The van der Waals surface area contributed by atoms with E-state index >= 15 is 0 Å². The fraction of sp³-hybridized carbons (Fsp3) is 0.520. The molecule has 0 bridgehead atoms. The van der Waals surface area contributed by atoms with Crippen LogP contribution in [0.4, 0.5) is 5.69 Å². The van der Waals surface area contributed by atoms with Gasteiger partial charge in [-0.1, -0.05) is 30.3 Å². The molecular weight excluding hydrogens is 472 g/mol. The summed E-state index contributed by atoms with van der Waals surface area (Å²) in [6.45, 7) is 4.88. The number of ether oxygens (including phenoxy) is 1. The van der Waals surface area contributed by atoms with Gasteiger partial charge >= 0.3 is 10.2 Å². The van der Waals surface area contributed by atoms with Gasteiger partial charge in [-0.2, -0.15) is 12.7 Å². The Morgan fingerprint density at radius 1 is 1.12 bits per heavy atom. The number of fused-ring (bicyclic) bond motifs is 1. The molecule has 3 heterocycles. The molecule has 7 nitrogen and oxygen atoms in total. The predicted molar refractivity (Wildman–Crippen MR) is 138 cm³/mol. The highest BCUT2D eigenvalue weighted by atomic mass is 35.5. The molecule has 0 spiro atoms. The van der Waals surface area contributed by atoms with E-state index in [2.05, 4.69) is 46.5 Å². The molecule has 0 aromatic heterocycles. The van der Waals surface area contributed by atoms with Gasteiger partial charge in [0, 0.05) is 49.3 Å². The monoisotopic (exact) mass is 506 g/mol. The van der Waals surface area contributed by atoms with E-state index in [1.165, 1.54) is 9.87 Å². The van der Waals surface area contributed by atoms with Crippen LogP contribution in [0.3, 0.4) is 0 Å². The van der Waals surface area contributed by atoms with Crippen LogP contribution >= 0.6 is 12.4 Å². The van der Waals surface area contributed by atoms with Crippen molar-refractivity contribution in [2.24, 2.45) is 0 Å². The Morgan fingerprint density at radius 2 is 1.88 bits per heavy atom. The number of benzene rings is 2. The molecule has 2 aromatic rings. The molecule has 3 N–H and O–H groups in total. The van der Waals surface area contributed by atoms with Crippen LogP contribution in [0.25, 0.3) is 0 Å². The van der Waals surface area contributed by atoms with Gasteiger partial charge < -0.3 is 15.4 Å². The van der Waals surface area contributed by atoms with Crippen molar-refractivity contribution >= 4 is 28.3 Å². The normalized spacial score (nSPS) is 24.8. The standard InChI is InChI=1S/C25H34N4O3S.ClH/c1-18-14-20-15-22(28-33(30,31)29-12-5-6-13-29)16-21(25(20)32-18)17-27-23-10-7-11-26-24(23)19-8-3-2-4-9-19;/h2-4,8-9,15-16,18,23-24,26-28H,5-7,10-14,17H2,1H3;1H/t18?,23-,24-;/m0./s1. The zero-order chi connectivity index (χ0) is 22.8. The Bertz CT molecular complexity index is 1080. The zero-order valence-electron chi connectivity index (χ0n) is 19.6. The largest absolute Gasteiger partial charge is 0.490 e. The first-order chi connectivity index (χ1) is 16.0. The first-order valence-corrected chi connectivity index (χ1v) is 13.6. The minimum Gasteiger partial charge on any atom is -0.490 e. The van der Waals surface area contributed by atoms with Crippen LogP contribution in [0.5, 0.6) is 5.75 Å². The Morgan fingerprint density at radius 3 is 2.65 bits per heavy atom. The Kier molecular flexibility index (Phi) is 8.05. The lowest BCUT2D eigenvalue weighted by atomic mass is 9.92. The molecule has 1 unspecified atom stereocenters. The van der Waals surface area contributed by atoms with E-state index in [1.54, 1.807) is 0 Å². The summed E-state index contributed by atoms with van der Waals surface area (Å²) in [4.78, 5) is 0. The van der Waals surface area contributed by atoms with Gasteiger partial charge in [0.05, 0.1) is 5.69 Å². The van der Waals surface area contributed by atoms with E-state index in [-0.39, 0.29) is 24.6 Å². The quantitative estimate of drug-likeness (QED) is 0.532. The molecule has 186 valence electrons. The van der Waals surface area contributed by atoms with Crippen LogP contribution in [0.2, 0.25) is 0 Å². The molecule has 2 aromatic carbocycles. The number of halogens is 1. The number of nitrogens with one attached hydrogen (secondary N) is 3. The van der Waals surface area contributed by atoms with E-state index in [0.29, 0.717) is 31.4 Å². The average Bonchev–Trinajstić information content (AvgIpc) is 3.48.